The molecule has 104 valence electrons. The van der Waals surface area contributed by atoms with Crippen LogP contribution in [-0.4, -0.2) is 41.9 Å². The van der Waals surface area contributed by atoms with Gasteiger partial charge in [-0.1, -0.05) is 18.2 Å². The minimum Gasteiger partial charge on any atom is -0.398 e. The van der Waals surface area contributed by atoms with Gasteiger partial charge in [-0.3, -0.25) is 9.69 Å². The molecule has 2 rings (SSSR count). The maximum Gasteiger partial charge on any atom is 0.236 e. The highest BCUT2D eigenvalue weighted by molar-refractivity contribution is 5.78. The molecule has 1 aromatic carbocycles. The Hall–Kier alpha value is -1.55. The van der Waals surface area contributed by atoms with Gasteiger partial charge in [0.25, 0.3) is 0 Å². The number of carbonyl (C=O) groups is 1. The first-order chi connectivity index (χ1) is 9.11. The summed E-state index contributed by atoms with van der Waals surface area (Å²) in [4.78, 5) is 16.1. The number of likely N-dealkylation sites (N-methyl/N-ethyl adjacent to an activating group) is 1. The first-order valence-corrected chi connectivity index (χ1v) is 6.93. The van der Waals surface area contributed by atoms with E-state index in [1.165, 1.54) is 12.8 Å². The first kappa shape index (κ1) is 13.9. The van der Waals surface area contributed by atoms with Crippen LogP contribution in [0.4, 0.5) is 5.69 Å². The summed E-state index contributed by atoms with van der Waals surface area (Å²) in [5.41, 5.74) is 7.91. The summed E-state index contributed by atoms with van der Waals surface area (Å²) >= 11 is 0. The Kier molecular flexibility index (Phi) is 4.43. The second-order valence-electron chi connectivity index (χ2n) is 5.24. The van der Waals surface area contributed by atoms with Gasteiger partial charge < -0.3 is 10.6 Å². The van der Waals surface area contributed by atoms with E-state index in [0.29, 0.717) is 12.6 Å². The number of rotatable bonds is 6. The van der Waals surface area contributed by atoms with E-state index in [-0.39, 0.29) is 5.91 Å². The van der Waals surface area contributed by atoms with E-state index in [1.54, 1.807) is 4.90 Å². The SMILES string of the molecule is CCN(C)C(=O)CN(Cc1ccccc1N)C1CC1. The molecule has 1 saturated carbocycles. The molecule has 0 heterocycles. The lowest BCUT2D eigenvalue weighted by molar-refractivity contribution is -0.131. The van der Waals surface area contributed by atoms with Crippen LogP contribution in [0.2, 0.25) is 0 Å². The molecule has 0 aromatic heterocycles. The molecule has 0 aliphatic heterocycles. The molecular weight excluding hydrogens is 238 g/mol. The van der Waals surface area contributed by atoms with Gasteiger partial charge in [-0.25, -0.2) is 0 Å². The van der Waals surface area contributed by atoms with Gasteiger partial charge in [-0.05, 0) is 31.4 Å². The molecule has 19 heavy (non-hydrogen) atoms. The quantitative estimate of drug-likeness (QED) is 0.793. The van der Waals surface area contributed by atoms with Gasteiger partial charge >= 0.3 is 0 Å². The summed E-state index contributed by atoms with van der Waals surface area (Å²) in [6.07, 6.45) is 2.38. The Balaban J connectivity index is 2.01. The molecule has 2 N–H and O–H groups in total. The molecule has 0 bridgehead atoms. The molecule has 4 heteroatoms. The third-order valence-electron chi connectivity index (χ3n) is 3.73. The number of carbonyl (C=O) groups excluding carboxylic acids is 1. The van der Waals surface area contributed by atoms with Crippen molar-refractivity contribution in [1.82, 2.24) is 9.80 Å². The number of hydrogen-bond acceptors (Lipinski definition) is 3. The Morgan fingerprint density at radius 1 is 1.37 bits per heavy atom. The van der Waals surface area contributed by atoms with Crippen molar-refractivity contribution >= 4 is 11.6 Å². The first-order valence-electron chi connectivity index (χ1n) is 6.93. The summed E-state index contributed by atoms with van der Waals surface area (Å²) in [6.45, 7) is 4.00. The fourth-order valence-corrected chi connectivity index (χ4v) is 2.12. The Morgan fingerprint density at radius 3 is 2.63 bits per heavy atom. The summed E-state index contributed by atoms with van der Waals surface area (Å²) in [5, 5.41) is 0. The normalized spacial score (nSPS) is 14.7. The van der Waals surface area contributed by atoms with Crippen molar-refractivity contribution in [1.29, 1.82) is 0 Å². The summed E-state index contributed by atoms with van der Waals surface area (Å²) < 4.78 is 0. The lowest BCUT2D eigenvalue weighted by Gasteiger charge is -2.25. The van der Waals surface area contributed by atoms with Crippen LogP contribution in [0.3, 0.4) is 0 Å². The molecule has 1 fully saturated rings. The van der Waals surface area contributed by atoms with Gasteiger partial charge in [0.05, 0.1) is 6.54 Å². The number of nitrogens with zero attached hydrogens (tertiary/aromatic N) is 2. The maximum atomic E-state index is 12.0. The van der Waals surface area contributed by atoms with Crippen molar-refractivity contribution in [2.45, 2.75) is 32.4 Å². The molecule has 0 spiro atoms. The number of nitrogen functional groups attached to an aromatic ring is 1. The zero-order chi connectivity index (χ0) is 13.8. The van der Waals surface area contributed by atoms with Gasteiger partial charge in [0.1, 0.15) is 0 Å². The van der Waals surface area contributed by atoms with Crippen molar-refractivity contribution in [2.75, 3.05) is 25.9 Å². The fourth-order valence-electron chi connectivity index (χ4n) is 2.12. The van der Waals surface area contributed by atoms with E-state index in [9.17, 15) is 4.79 Å². The van der Waals surface area contributed by atoms with Gasteiger partial charge in [0.15, 0.2) is 0 Å². The molecule has 1 aromatic rings. The number of nitrogens with two attached hydrogens (primary N) is 1. The predicted octanol–water partition coefficient (Wildman–Crippen LogP) is 1.71. The Labute approximate surface area is 115 Å². The van der Waals surface area contributed by atoms with Crippen molar-refractivity contribution in [3.8, 4) is 0 Å². The molecular formula is C15H23N3O. The van der Waals surface area contributed by atoms with Gasteiger partial charge in [-0.15, -0.1) is 0 Å². The molecule has 0 unspecified atom stereocenters. The number of hydrogen-bond donors (Lipinski definition) is 1. The van der Waals surface area contributed by atoms with Gasteiger partial charge in [0, 0.05) is 31.9 Å². The standard InChI is InChI=1S/C15H23N3O/c1-3-17(2)15(19)11-18(13-8-9-13)10-12-6-4-5-7-14(12)16/h4-7,13H,3,8-11,16H2,1-2H3. The van der Waals surface area contributed by atoms with E-state index in [0.717, 1.165) is 24.3 Å². The number of benzene rings is 1. The van der Waals surface area contributed by atoms with Crippen LogP contribution in [0.5, 0.6) is 0 Å². The van der Waals surface area contributed by atoms with Crippen molar-refractivity contribution in [2.24, 2.45) is 0 Å². The van der Waals surface area contributed by atoms with Crippen LogP contribution in [0.25, 0.3) is 0 Å². The molecule has 1 aliphatic carbocycles. The number of amides is 1. The summed E-state index contributed by atoms with van der Waals surface area (Å²) in [7, 11) is 1.85. The van der Waals surface area contributed by atoms with Gasteiger partial charge in [0.2, 0.25) is 5.91 Å². The largest absolute Gasteiger partial charge is 0.398 e. The second-order valence-corrected chi connectivity index (χ2v) is 5.24. The highest BCUT2D eigenvalue weighted by Crippen LogP contribution is 2.29. The molecule has 4 nitrogen and oxygen atoms in total. The van der Waals surface area contributed by atoms with E-state index in [4.69, 9.17) is 5.73 Å². The lowest BCUT2D eigenvalue weighted by atomic mass is 10.1. The summed E-state index contributed by atoms with van der Waals surface area (Å²) in [6, 6.07) is 8.44. The second kappa shape index (κ2) is 6.06. The fraction of sp³-hybridized carbons (Fsp3) is 0.533. The van der Waals surface area contributed by atoms with E-state index in [1.807, 2.05) is 38.2 Å². The van der Waals surface area contributed by atoms with Crippen LogP contribution in [0.1, 0.15) is 25.3 Å². The minimum atomic E-state index is 0.184. The molecule has 0 atom stereocenters. The highest BCUT2D eigenvalue weighted by Gasteiger charge is 2.31. The highest BCUT2D eigenvalue weighted by atomic mass is 16.2. The zero-order valence-corrected chi connectivity index (χ0v) is 11.8. The van der Waals surface area contributed by atoms with Crippen molar-refractivity contribution in [3.63, 3.8) is 0 Å². The average molecular weight is 261 g/mol. The smallest absolute Gasteiger partial charge is 0.236 e. The van der Waals surface area contributed by atoms with Crippen LogP contribution >= 0.6 is 0 Å². The molecule has 1 amide bonds. The number of para-hydroxylation sites is 1. The predicted molar refractivity (Wildman–Crippen MR) is 77.6 cm³/mol. The van der Waals surface area contributed by atoms with Crippen LogP contribution in [0.15, 0.2) is 24.3 Å². The van der Waals surface area contributed by atoms with Crippen molar-refractivity contribution in [3.05, 3.63) is 29.8 Å². The van der Waals surface area contributed by atoms with Crippen LogP contribution in [0, 0.1) is 0 Å². The Bertz CT molecular complexity index is 443. The molecule has 0 radical (unpaired) electrons. The van der Waals surface area contributed by atoms with Crippen LogP contribution < -0.4 is 5.73 Å². The van der Waals surface area contributed by atoms with E-state index in [2.05, 4.69) is 4.90 Å². The molecule has 1 aliphatic rings. The lowest BCUT2D eigenvalue weighted by Crippen LogP contribution is -2.39. The monoisotopic (exact) mass is 261 g/mol. The average Bonchev–Trinajstić information content (AvgIpc) is 3.23. The van der Waals surface area contributed by atoms with E-state index < -0.39 is 0 Å². The Morgan fingerprint density at radius 2 is 2.05 bits per heavy atom. The minimum absolute atomic E-state index is 0.184. The number of anilines is 1. The van der Waals surface area contributed by atoms with Crippen molar-refractivity contribution < 1.29 is 4.79 Å². The summed E-state index contributed by atoms with van der Waals surface area (Å²) in [5.74, 6) is 0.184. The van der Waals surface area contributed by atoms with Crippen LogP contribution in [-0.2, 0) is 11.3 Å². The maximum absolute atomic E-state index is 12.0. The third-order valence-corrected chi connectivity index (χ3v) is 3.73. The topological polar surface area (TPSA) is 49.6 Å². The zero-order valence-electron chi connectivity index (χ0n) is 11.8. The third kappa shape index (κ3) is 3.70. The van der Waals surface area contributed by atoms with E-state index >= 15 is 0 Å². The van der Waals surface area contributed by atoms with Gasteiger partial charge in [-0.2, -0.15) is 0 Å². The molecule has 0 saturated heterocycles.